The Hall–Kier alpha value is -2.82. The normalized spacial score (nSPS) is 15.0. The number of aliphatic carboxylic acids is 1. The maximum Gasteiger partial charge on any atom is 0.339 e. The van der Waals surface area contributed by atoms with Gasteiger partial charge in [0.25, 0.3) is 0 Å². The van der Waals surface area contributed by atoms with Crippen molar-refractivity contribution in [2.75, 3.05) is 6.61 Å². The monoisotopic (exact) mass is 367 g/mol. The molecule has 0 radical (unpaired) electrons. The Kier molecular flexibility index (Phi) is 5.79. The van der Waals surface area contributed by atoms with Crippen LogP contribution in [0.15, 0.2) is 47.2 Å². The summed E-state index contributed by atoms with van der Waals surface area (Å²) in [4.78, 5) is 24.8. The number of carbonyl (C=O) groups is 2. The third kappa shape index (κ3) is 3.97. The van der Waals surface area contributed by atoms with Gasteiger partial charge in [0.1, 0.15) is 0 Å². The van der Waals surface area contributed by atoms with E-state index in [0.717, 1.165) is 41.3 Å². The summed E-state index contributed by atoms with van der Waals surface area (Å²) in [6.07, 6.45) is 8.02. The number of carbonyl (C=O) groups excluding carboxylic acids is 1. The average Bonchev–Trinajstić information content (AvgIpc) is 2.98. The Balaban J connectivity index is 2.19. The summed E-state index contributed by atoms with van der Waals surface area (Å²) in [7, 11) is 1.93. The molecule has 5 heteroatoms. The standard InChI is InChI=1S/C22H25NO4/c1-3-27-22(26)18(20(21(24)25)15-9-5-4-6-10-15)13-16-14-23(2)19-12-8-7-11-17(16)19/h7-8,11-14H,3-6,9-10H2,1-2H3,(H,24,25). The molecule has 142 valence electrons. The molecule has 27 heavy (non-hydrogen) atoms. The molecule has 0 aliphatic heterocycles. The molecule has 0 saturated heterocycles. The highest BCUT2D eigenvalue weighted by atomic mass is 16.5. The lowest BCUT2D eigenvalue weighted by Gasteiger charge is -2.18. The van der Waals surface area contributed by atoms with E-state index in [1.807, 2.05) is 42.1 Å². The van der Waals surface area contributed by atoms with E-state index in [-0.39, 0.29) is 17.8 Å². The van der Waals surface area contributed by atoms with Crippen LogP contribution in [0.4, 0.5) is 0 Å². The van der Waals surface area contributed by atoms with Crippen LogP contribution in [0.1, 0.15) is 44.6 Å². The molecular weight excluding hydrogens is 342 g/mol. The van der Waals surface area contributed by atoms with Crippen molar-refractivity contribution in [2.45, 2.75) is 39.0 Å². The van der Waals surface area contributed by atoms with E-state index in [1.54, 1.807) is 13.0 Å². The summed E-state index contributed by atoms with van der Waals surface area (Å²) in [5.74, 6) is -1.65. The third-order valence-corrected chi connectivity index (χ3v) is 5.02. The van der Waals surface area contributed by atoms with Gasteiger partial charge in [-0.15, -0.1) is 0 Å². The molecule has 0 spiro atoms. The van der Waals surface area contributed by atoms with E-state index < -0.39 is 11.9 Å². The number of ether oxygens (including phenoxy) is 1. The van der Waals surface area contributed by atoms with Gasteiger partial charge >= 0.3 is 11.9 Å². The van der Waals surface area contributed by atoms with Crippen LogP contribution in [0, 0.1) is 0 Å². The zero-order valence-corrected chi connectivity index (χ0v) is 15.8. The van der Waals surface area contributed by atoms with Crippen LogP contribution in [0.3, 0.4) is 0 Å². The molecule has 1 aromatic carbocycles. The lowest BCUT2D eigenvalue weighted by Crippen LogP contribution is -2.17. The molecule has 1 heterocycles. The second kappa shape index (κ2) is 8.25. The fraction of sp³-hybridized carbons (Fsp3) is 0.364. The maximum atomic E-state index is 12.7. The van der Waals surface area contributed by atoms with Gasteiger partial charge in [0.15, 0.2) is 0 Å². The van der Waals surface area contributed by atoms with Gasteiger partial charge < -0.3 is 14.4 Å². The number of hydrogen-bond acceptors (Lipinski definition) is 3. The minimum absolute atomic E-state index is 0.112. The summed E-state index contributed by atoms with van der Waals surface area (Å²) < 4.78 is 7.18. The van der Waals surface area contributed by atoms with Crippen molar-refractivity contribution >= 4 is 28.9 Å². The number of nitrogens with zero attached hydrogens (tertiary/aromatic N) is 1. The van der Waals surface area contributed by atoms with Crippen LogP contribution in [0.5, 0.6) is 0 Å². The Morgan fingerprint density at radius 3 is 2.56 bits per heavy atom. The van der Waals surface area contributed by atoms with Gasteiger partial charge in [-0.25, -0.2) is 9.59 Å². The van der Waals surface area contributed by atoms with E-state index in [2.05, 4.69) is 0 Å². The molecule has 1 fully saturated rings. The first-order valence-corrected chi connectivity index (χ1v) is 9.41. The van der Waals surface area contributed by atoms with Crippen LogP contribution in [0.2, 0.25) is 0 Å². The first kappa shape index (κ1) is 19.0. The van der Waals surface area contributed by atoms with Gasteiger partial charge in [0, 0.05) is 29.7 Å². The maximum absolute atomic E-state index is 12.7. The lowest BCUT2D eigenvalue weighted by molar-refractivity contribution is -0.140. The average molecular weight is 367 g/mol. The van der Waals surface area contributed by atoms with Gasteiger partial charge in [-0.3, -0.25) is 0 Å². The molecule has 2 aromatic rings. The van der Waals surface area contributed by atoms with Crippen molar-refractivity contribution in [3.05, 3.63) is 52.7 Å². The van der Waals surface area contributed by atoms with Gasteiger partial charge in [-0.05, 0) is 44.7 Å². The van der Waals surface area contributed by atoms with E-state index in [4.69, 9.17) is 4.74 Å². The van der Waals surface area contributed by atoms with Gasteiger partial charge in [-0.1, -0.05) is 30.2 Å². The molecule has 5 nitrogen and oxygen atoms in total. The zero-order valence-electron chi connectivity index (χ0n) is 15.8. The number of aromatic nitrogens is 1. The van der Waals surface area contributed by atoms with Gasteiger partial charge in [0.05, 0.1) is 17.8 Å². The Morgan fingerprint density at radius 2 is 1.89 bits per heavy atom. The molecule has 1 N–H and O–H groups in total. The fourth-order valence-electron chi connectivity index (χ4n) is 3.77. The van der Waals surface area contributed by atoms with E-state index in [9.17, 15) is 14.7 Å². The SMILES string of the molecule is CCOC(=O)C(=Cc1cn(C)c2ccccc12)C(C(=O)O)=C1CCCCC1. The molecule has 0 amide bonds. The second-order valence-corrected chi connectivity index (χ2v) is 6.84. The molecule has 0 bridgehead atoms. The van der Waals surface area contributed by atoms with Crippen LogP contribution in [0.25, 0.3) is 17.0 Å². The number of allylic oxidation sites excluding steroid dienone is 1. The van der Waals surface area contributed by atoms with Crippen LogP contribution in [-0.2, 0) is 21.4 Å². The van der Waals surface area contributed by atoms with Crippen LogP contribution in [-0.4, -0.2) is 28.2 Å². The van der Waals surface area contributed by atoms with Crippen LogP contribution < -0.4 is 0 Å². The molecule has 0 atom stereocenters. The van der Waals surface area contributed by atoms with E-state index >= 15 is 0 Å². The smallest absolute Gasteiger partial charge is 0.339 e. The van der Waals surface area contributed by atoms with Crippen molar-refractivity contribution in [3.8, 4) is 0 Å². The molecule has 1 aromatic heterocycles. The second-order valence-electron chi connectivity index (χ2n) is 6.84. The Morgan fingerprint density at radius 1 is 1.19 bits per heavy atom. The zero-order chi connectivity index (χ0) is 19.4. The van der Waals surface area contributed by atoms with Gasteiger partial charge in [0.2, 0.25) is 0 Å². The summed E-state index contributed by atoms with van der Waals surface area (Å²) in [5.41, 5.74) is 2.92. The number of carboxylic acids is 1. The predicted molar refractivity (Wildman–Crippen MR) is 105 cm³/mol. The largest absolute Gasteiger partial charge is 0.478 e. The van der Waals surface area contributed by atoms with Crippen molar-refractivity contribution in [2.24, 2.45) is 7.05 Å². The molecular formula is C22H25NO4. The summed E-state index contributed by atoms with van der Waals surface area (Å²) >= 11 is 0. The fourth-order valence-corrected chi connectivity index (χ4v) is 3.77. The number of hydrogen-bond donors (Lipinski definition) is 1. The quantitative estimate of drug-likeness (QED) is 0.625. The first-order valence-electron chi connectivity index (χ1n) is 9.41. The Bertz CT molecular complexity index is 925. The third-order valence-electron chi connectivity index (χ3n) is 5.02. The molecule has 1 aliphatic rings. The van der Waals surface area contributed by atoms with Crippen molar-refractivity contribution in [1.82, 2.24) is 4.57 Å². The Labute approximate surface area is 158 Å². The number of esters is 1. The van der Waals surface area contributed by atoms with E-state index in [1.165, 1.54) is 0 Å². The first-order chi connectivity index (χ1) is 13.0. The number of para-hydroxylation sites is 1. The molecule has 0 unspecified atom stereocenters. The number of benzene rings is 1. The van der Waals surface area contributed by atoms with Crippen molar-refractivity contribution < 1.29 is 19.4 Å². The minimum Gasteiger partial charge on any atom is -0.478 e. The summed E-state index contributed by atoms with van der Waals surface area (Å²) in [5, 5.41) is 10.9. The molecule has 3 rings (SSSR count). The number of fused-ring (bicyclic) bond motifs is 1. The van der Waals surface area contributed by atoms with Crippen molar-refractivity contribution in [3.63, 3.8) is 0 Å². The van der Waals surface area contributed by atoms with Gasteiger partial charge in [-0.2, -0.15) is 0 Å². The molecule has 1 aliphatic carbocycles. The van der Waals surface area contributed by atoms with E-state index in [0.29, 0.717) is 12.8 Å². The number of carboxylic acid groups (broad SMARTS) is 1. The minimum atomic E-state index is -1.06. The summed E-state index contributed by atoms with van der Waals surface area (Å²) in [6, 6.07) is 7.85. The highest BCUT2D eigenvalue weighted by molar-refractivity contribution is 6.11. The lowest BCUT2D eigenvalue weighted by atomic mass is 9.87. The highest BCUT2D eigenvalue weighted by Crippen LogP contribution is 2.32. The number of rotatable bonds is 5. The predicted octanol–water partition coefficient (Wildman–Crippen LogP) is 4.47. The highest BCUT2D eigenvalue weighted by Gasteiger charge is 2.26. The topological polar surface area (TPSA) is 68.5 Å². The number of aryl methyl sites for hydroxylation is 1. The van der Waals surface area contributed by atoms with Crippen LogP contribution >= 0.6 is 0 Å². The molecule has 1 saturated carbocycles. The van der Waals surface area contributed by atoms with Crippen molar-refractivity contribution in [1.29, 1.82) is 0 Å². The summed E-state index contributed by atoms with van der Waals surface area (Å²) in [6.45, 7) is 1.93.